The van der Waals surface area contributed by atoms with Gasteiger partial charge in [0.2, 0.25) is 5.91 Å². The van der Waals surface area contributed by atoms with Crippen molar-refractivity contribution >= 4 is 5.91 Å². The zero-order valence-corrected chi connectivity index (χ0v) is 9.95. The third kappa shape index (κ3) is 3.73. The molecule has 1 aromatic carbocycles. The van der Waals surface area contributed by atoms with E-state index in [0.717, 1.165) is 6.92 Å². The van der Waals surface area contributed by atoms with Crippen molar-refractivity contribution < 1.29 is 23.1 Å². The number of aliphatic hydroxyl groups excluding tert-OH is 1. The summed E-state index contributed by atoms with van der Waals surface area (Å²) in [5, 5.41) is 10.7. The summed E-state index contributed by atoms with van der Waals surface area (Å²) in [4.78, 5) is 11.2. The molecule has 0 fully saturated rings. The lowest BCUT2D eigenvalue weighted by Crippen LogP contribution is -2.42. The molecular formula is C12H14F3NO2. The van der Waals surface area contributed by atoms with Gasteiger partial charge in [-0.2, -0.15) is 13.2 Å². The van der Waals surface area contributed by atoms with Gasteiger partial charge in [-0.15, -0.1) is 0 Å². The third-order valence-corrected chi connectivity index (χ3v) is 2.37. The van der Waals surface area contributed by atoms with Crippen LogP contribution in [0.1, 0.15) is 24.1 Å². The number of amides is 1. The van der Waals surface area contributed by atoms with Crippen molar-refractivity contribution in [3.05, 3.63) is 35.4 Å². The first-order valence-electron chi connectivity index (χ1n) is 5.33. The Hall–Kier alpha value is -1.56. The minimum Gasteiger partial charge on any atom is -0.384 e. The first-order valence-corrected chi connectivity index (χ1v) is 5.33. The Morgan fingerprint density at radius 1 is 1.39 bits per heavy atom. The summed E-state index contributed by atoms with van der Waals surface area (Å²) < 4.78 is 38.6. The molecule has 0 saturated heterocycles. The van der Waals surface area contributed by atoms with Gasteiger partial charge in [-0.3, -0.25) is 4.79 Å². The van der Waals surface area contributed by atoms with Crippen molar-refractivity contribution in [2.75, 3.05) is 0 Å². The highest BCUT2D eigenvalue weighted by Gasteiger charge is 2.42. The molecule has 6 heteroatoms. The Labute approximate surface area is 103 Å². The van der Waals surface area contributed by atoms with E-state index in [0.29, 0.717) is 5.56 Å². The standard InChI is InChI=1S/C12H14F3NO2/c1-7-4-3-5-9(6-7)10(12(13,14)15)16-11(18)8(2)17/h3-6,8,10,17H,1-2H3,(H,16,18)/t8-,10+/m1/s1. The highest BCUT2D eigenvalue weighted by atomic mass is 19.4. The summed E-state index contributed by atoms with van der Waals surface area (Å²) in [7, 11) is 0. The molecule has 1 aromatic rings. The van der Waals surface area contributed by atoms with E-state index in [1.165, 1.54) is 18.2 Å². The largest absolute Gasteiger partial charge is 0.412 e. The number of hydrogen-bond donors (Lipinski definition) is 2. The minimum atomic E-state index is -4.61. The first-order chi connectivity index (χ1) is 8.21. The third-order valence-electron chi connectivity index (χ3n) is 2.37. The molecule has 3 nitrogen and oxygen atoms in total. The van der Waals surface area contributed by atoms with Crippen LogP contribution in [0, 0.1) is 6.92 Å². The van der Waals surface area contributed by atoms with Crippen LogP contribution in [0.4, 0.5) is 13.2 Å². The molecule has 0 aromatic heterocycles. The van der Waals surface area contributed by atoms with Gasteiger partial charge in [-0.25, -0.2) is 0 Å². The maximum atomic E-state index is 12.9. The lowest BCUT2D eigenvalue weighted by molar-refractivity contribution is -0.165. The smallest absolute Gasteiger partial charge is 0.384 e. The number of carbonyl (C=O) groups is 1. The number of carbonyl (C=O) groups excluding carboxylic acids is 1. The van der Waals surface area contributed by atoms with Gasteiger partial charge in [-0.1, -0.05) is 29.8 Å². The number of benzene rings is 1. The molecule has 1 rings (SSSR count). The van der Waals surface area contributed by atoms with Gasteiger partial charge in [0.05, 0.1) is 0 Å². The molecule has 0 aliphatic carbocycles. The van der Waals surface area contributed by atoms with E-state index < -0.39 is 24.2 Å². The first kappa shape index (κ1) is 14.5. The zero-order chi connectivity index (χ0) is 13.9. The fourth-order valence-corrected chi connectivity index (χ4v) is 1.47. The number of hydrogen-bond acceptors (Lipinski definition) is 2. The lowest BCUT2D eigenvalue weighted by atomic mass is 10.0. The SMILES string of the molecule is Cc1cccc([C@H](NC(=O)[C@@H](C)O)C(F)(F)F)c1. The monoisotopic (exact) mass is 261 g/mol. The molecule has 18 heavy (non-hydrogen) atoms. The van der Waals surface area contributed by atoms with Crippen LogP contribution in [0.5, 0.6) is 0 Å². The van der Waals surface area contributed by atoms with Crippen molar-refractivity contribution in [3.63, 3.8) is 0 Å². The lowest BCUT2D eigenvalue weighted by Gasteiger charge is -2.23. The van der Waals surface area contributed by atoms with Crippen LogP contribution in [0.15, 0.2) is 24.3 Å². The number of nitrogens with one attached hydrogen (secondary N) is 1. The molecular weight excluding hydrogens is 247 g/mol. The molecule has 0 aliphatic rings. The van der Waals surface area contributed by atoms with Crippen molar-refractivity contribution in [1.29, 1.82) is 0 Å². The van der Waals surface area contributed by atoms with Crippen molar-refractivity contribution in [2.45, 2.75) is 32.2 Å². The Kier molecular flexibility index (Phi) is 4.34. The second-order valence-electron chi connectivity index (χ2n) is 4.07. The van der Waals surface area contributed by atoms with E-state index in [4.69, 9.17) is 5.11 Å². The molecule has 100 valence electrons. The number of rotatable bonds is 3. The zero-order valence-electron chi connectivity index (χ0n) is 9.95. The fourth-order valence-electron chi connectivity index (χ4n) is 1.47. The number of halogens is 3. The average molecular weight is 261 g/mol. The Bertz CT molecular complexity index is 430. The van der Waals surface area contributed by atoms with Gasteiger partial charge in [0, 0.05) is 0 Å². The second-order valence-corrected chi connectivity index (χ2v) is 4.07. The normalized spacial score (nSPS) is 15.0. The Morgan fingerprint density at radius 2 is 2.00 bits per heavy atom. The second kappa shape index (κ2) is 5.39. The maximum absolute atomic E-state index is 12.9. The van der Waals surface area contributed by atoms with Crippen LogP contribution in [0.3, 0.4) is 0 Å². The number of aryl methyl sites for hydroxylation is 1. The highest BCUT2D eigenvalue weighted by Crippen LogP contribution is 2.32. The quantitative estimate of drug-likeness (QED) is 0.875. The summed E-state index contributed by atoms with van der Waals surface area (Å²) in [6.07, 6.45) is -6.10. The van der Waals surface area contributed by atoms with Crippen molar-refractivity contribution in [2.24, 2.45) is 0 Å². The van der Waals surface area contributed by atoms with Crippen LogP contribution in [0.25, 0.3) is 0 Å². The molecule has 0 unspecified atom stereocenters. The van der Waals surface area contributed by atoms with E-state index in [1.54, 1.807) is 18.3 Å². The van der Waals surface area contributed by atoms with Gasteiger partial charge < -0.3 is 10.4 Å². The summed E-state index contributed by atoms with van der Waals surface area (Å²) >= 11 is 0. The Balaban J connectivity index is 3.03. The molecule has 0 aliphatic heterocycles. The summed E-state index contributed by atoms with van der Waals surface area (Å²) in [5.41, 5.74) is 0.601. The predicted molar refractivity (Wildman–Crippen MR) is 59.8 cm³/mol. The summed E-state index contributed by atoms with van der Waals surface area (Å²) in [5.74, 6) is -1.06. The van der Waals surface area contributed by atoms with E-state index >= 15 is 0 Å². The Morgan fingerprint density at radius 3 is 2.44 bits per heavy atom. The maximum Gasteiger partial charge on any atom is 0.412 e. The van der Waals surface area contributed by atoms with Gasteiger partial charge in [0.15, 0.2) is 6.04 Å². The molecule has 0 spiro atoms. The summed E-state index contributed by atoms with van der Waals surface area (Å²) in [6, 6.07) is 3.67. The number of alkyl halides is 3. The van der Waals surface area contributed by atoms with Crippen LogP contribution < -0.4 is 5.32 Å². The van der Waals surface area contributed by atoms with E-state index in [1.807, 2.05) is 0 Å². The van der Waals surface area contributed by atoms with Crippen LogP contribution >= 0.6 is 0 Å². The van der Waals surface area contributed by atoms with Gasteiger partial charge in [0.25, 0.3) is 0 Å². The average Bonchev–Trinajstić information content (AvgIpc) is 2.23. The van der Waals surface area contributed by atoms with E-state index in [2.05, 4.69) is 0 Å². The molecule has 0 saturated carbocycles. The molecule has 0 radical (unpaired) electrons. The van der Waals surface area contributed by atoms with Crippen molar-refractivity contribution in [3.8, 4) is 0 Å². The molecule has 1 amide bonds. The predicted octanol–water partition coefficient (Wildman–Crippen LogP) is 2.10. The molecule has 0 bridgehead atoms. The van der Waals surface area contributed by atoms with Crippen LogP contribution in [-0.2, 0) is 4.79 Å². The highest BCUT2D eigenvalue weighted by molar-refractivity contribution is 5.80. The fraction of sp³-hybridized carbons (Fsp3) is 0.417. The number of aliphatic hydroxyl groups is 1. The molecule has 2 N–H and O–H groups in total. The van der Waals surface area contributed by atoms with Gasteiger partial charge in [0.1, 0.15) is 6.10 Å². The van der Waals surface area contributed by atoms with Gasteiger partial charge in [-0.05, 0) is 19.4 Å². The van der Waals surface area contributed by atoms with Gasteiger partial charge >= 0.3 is 6.18 Å². The van der Waals surface area contributed by atoms with Crippen molar-refractivity contribution in [1.82, 2.24) is 5.32 Å². The molecule has 2 atom stereocenters. The summed E-state index contributed by atoms with van der Waals surface area (Å²) in [6.45, 7) is 2.77. The minimum absolute atomic E-state index is 0.0588. The molecule has 0 heterocycles. The van der Waals surface area contributed by atoms with E-state index in [-0.39, 0.29) is 5.56 Å². The van der Waals surface area contributed by atoms with E-state index in [9.17, 15) is 18.0 Å². The topological polar surface area (TPSA) is 49.3 Å². The van der Waals surface area contributed by atoms with Crippen LogP contribution in [-0.4, -0.2) is 23.3 Å². The van der Waals surface area contributed by atoms with Crippen LogP contribution in [0.2, 0.25) is 0 Å².